The largest absolute Gasteiger partial charge is 0.416 e. The number of amides is 1. The molecule has 28 heavy (non-hydrogen) atoms. The van der Waals surface area contributed by atoms with E-state index in [0.29, 0.717) is 38.4 Å². The molecule has 152 valence electrons. The van der Waals surface area contributed by atoms with E-state index in [1.165, 1.54) is 18.2 Å². The Balaban J connectivity index is 2.05. The minimum absolute atomic E-state index is 0.0920. The van der Waals surface area contributed by atoms with Crippen LogP contribution in [-0.2, 0) is 11.0 Å². The normalized spacial score (nSPS) is 16.2. The Bertz CT molecular complexity index is 746. The molecule has 0 bridgehead atoms. The summed E-state index contributed by atoms with van der Waals surface area (Å²) in [6.45, 7) is 10.0. The number of anilines is 1. The minimum atomic E-state index is -4.35. The molecular formula is C20H25F3N4O. The summed E-state index contributed by atoms with van der Waals surface area (Å²) in [6, 6.07) is 4.92. The highest BCUT2D eigenvalue weighted by Crippen LogP contribution is 2.29. The van der Waals surface area contributed by atoms with Gasteiger partial charge in [-0.25, -0.2) is 4.99 Å². The summed E-state index contributed by atoms with van der Waals surface area (Å²) in [5.74, 6) is 0.687. The number of benzene rings is 1. The molecule has 5 nitrogen and oxygen atoms in total. The van der Waals surface area contributed by atoms with Crippen LogP contribution in [0.5, 0.6) is 0 Å². The highest BCUT2D eigenvalue weighted by molar-refractivity contribution is 5.89. The van der Waals surface area contributed by atoms with Crippen molar-refractivity contribution in [1.82, 2.24) is 9.80 Å². The number of piperazine rings is 1. The van der Waals surface area contributed by atoms with Gasteiger partial charge in [0.05, 0.1) is 12.1 Å². The molecule has 1 aromatic rings. The van der Waals surface area contributed by atoms with Gasteiger partial charge in [-0.2, -0.15) is 13.2 Å². The van der Waals surface area contributed by atoms with Crippen LogP contribution >= 0.6 is 0 Å². The fourth-order valence-corrected chi connectivity index (χ4v) is 2.76. The van der Waals surface area contributed by atoms with Crippen molar-refractivity contribution >= 4 is 17.4 Å². The third kappa shape index (κ3) is 5.87. The maximum Gasteiger partial charge on any atom is 0.416 e. The number of rotatable bonds is 5. The zero-order valence-corrected chi connectivity index (χ0v) is 16.1. The fraction of sp³-hybridized carbons (Fsp3) is 0.400. The Labute approximate surface area is 163 Å². The van der Waals surface area contributed by atoms with Crippen LogP contribution in [0.25, 0.3) is 0 Å². The van der Waals surface area contributed by atoms with E-state index in [1.807, 2.05) is 19.9 Å². The number of aliphatic imine (C=N–C) groups is 1. The molecule has 1 aromatic carbocycles. The first-order valence-electron chi connectivity index (χ1n) is 9.02. The van der Waals surface area contributed by atoms with Gasteiger partial charge in [0.15, 0.2) is 0 Å². The van der Waals surface area contributed by atoms with Crippen molar-refractivity contribution < 1.29 is 18.0 Å². The van der Waals surface area contributed by atoms with Crippen molar-refractivity contribution in [2.45, 2.75) is 20.0 Å². The van der Waals surface area contributed by atoms with Crippen molar-refractivity contribution in [2.24, 2.45) is 4.99 Å². The van der Waals surface area contributed by atoms with E-state index in [1.54, 1.807) is 4.90 Å². The number of nitrogens with one attached hydrogen (secondary N) is 1. The van der Waals surface area contributed by atoms with E-state index in [4.69, 9.17) is 0 Å². The molecule has 0 unspecified atom stereocenters. The number of alkyl halides is 3. The summed E-state index contributed by atoms with van der Waals surface area (Å²) < 4.78 is 38.1. The number of carbonyl (C=O) groups is 1. The Morgan fingerprint density at radius 1 is 1.18 bits per heavy atom. The third-order valence-corrected chi connectivity index (χ3v) is 4.52. The van der Waals surface area contributed by atoms with Crippen molar-refractivity contribution in [3.8, 4) is 0 Å². The van der Waals surface area contributed by atoms with Crippen LogP contribution in [0.15, 0.2) is 53.7 Å². The van der Waals surface area contributed by atoms with Crippen molar-refractivity contribution in [3.63, 3.8) is 0 Å². The van der Waals surface area contributed by atoms with E-state index in [2.05, 4.69) is 21.8 Å². The maximum absolute atomic E-state index is 12.7. The van der Waals surface area contributed by atoms with E-state index in [0.717, 1.165) is 23.7 Å². The molecule has 0 saturated carbocycles. The van der Waals surface area contributed by atoms with Gasteiger partial charge >= 0.3 is 6.18 Å². The monoisotopic (exact) mass is 394 g/mol. The Hall–Kier alpha value is -2.77. The molecule has 1 aliphatic heterocycles. The van der Waals surface area contributed by atoms with Gasteiger partial charge in [0.1, 0.15) is 5.84 Å². The molecular weight excluding hydrogens is 369 g/mol. The van der Waals surface area contributed by atoms with Gasteiger partial charge < -0.3 is 15.1 Å². The van der Waals surface area contributed by atoms with Gasteiger partial charge in [0.25, 0.3) is 0 Å². The molecule has 0 atom stereocenters. The molecule has 2 rings (SSSR count). The van der Waals surface area contributed by atoms with Gasteiger partial charge in [0, 0.05) is 37.6 Å². The van der Waals surface area contributed by atoms with Gasteiger partial charge in [-0.3, -0.25) is 4.79 Å². The first-order valence-corrected chi connectivity index (χ1v) is 9.02. The van der Waals surface area contributed by atoms with Crippen LogP contribution in [0, 0.1) is 0 Å². The van der Waals surface area contributed by atoms with Gasteiger partial charge in [0.2, 0.25) is 5.91 Å². The molecule has 0 radical (unpaired) electrons. The first-order chi connectivity index (χ1) is 13.2. The summed E-state index contributed by atoms with van der Waals surface area (Å²) in [5.41, 5.74) is 0.743. The molecule has 0 aliphatic carbocycles. The van der Waals surface area contributed by atoms with Crippen molar-refractivity contribution in [2.75, 3.05) is 38.0 Å². The smallest absolute Gasteiger partial charge is 0.378 e. The van der Waals surface area contributed by atoms with Crippen LogP contribution in [0.3, 0.4) is 0 Å². The molecule has 1 N–H and O–H groups in total. The van der Waals surface area contributed by atoms with Crippen molar-refractivity contribution in [1.29, 1.82) is 0 Å². The number of halogens is 3. The Morgan fingerprint density at radius 2 is 1.75 bits per heavy atom. The number of carbonyl (C=O) groups excluding carboxylic acids is 1. The standard InChI is InChI=1S/C20H25F3N4O/c1-4-15(3)25-18(26-10-12-27(13-11-26)19(28)5-2)14-24-17-8-6-16(7-9-17)20(21,22)23/h4-9,24H,2,10-14H2,1,3H3/b15-4-,25-18+. The average molecular weight is 394 g/mol. The van der Waals surface area contributed by atoms with Crippen LogP contribution < -0.4 is 5.32 Å². The number of amidine groups is 1. The number of hydrogen-bond acceptors (Lipinski definition) is 3. The van der Waals surface area contributed by atoms with E-state index in [9.17, 15) is 18.0 Å². The maximum atomic E-state index is 12.7. The topological polar surface area (TPSA) is 47.9 Å². The predicted molar refractivity (Wildman–Crippen MR) is 105 cm³/mol. The first kappa shape index (κ1) is 21.5. The number of nitrogens with zero attached hydrogens (tertiary/aromatic N) is 3. The second kappa shape index (κ2) is 9.43. The number of hydrogen-bond donors (Lipinski definition) is 1. The van der Waals surface area contributed by atoms with Gasteiger partial charge in [-0.15, -0.1) is 0 Å². The molecule has 1 amide bonds. The Kier molecular flexibility index (Phi) is 7.25. The highest BCUT2D eigenvalue weighted by Gasteiger charge is 2.30. The van der Waals surface area contributed by atoms with Crippen LogP contribution in [0.4, 0.5) is 18.9 Å². The SMILES string of the molecule is C=CC(=O)N1CCN(/C(CNc2ccc(C(F)(F)F)cc2)=N/C(C)=C\C)CC1. The van der Waals surface area contributed by atoms with Gasteiger partial charge in [-0.05, 0) is 44.2 Å². The fourth-order valence-electron chi connectivity index (χ4n) is 2.76. The molecule has 1 fully saturated rings. The lowest BCUT2D eigenvalue weighted by atomic mass is 10.2. The zero-order chi connectivity index (χ0) is 20.7. The van der Waals surface area contributed by atoms with E-state index in [-0.39, 0.29) is 5.91 Å². The summed E-state index contributed by atoms with van der Waals surface area (Å²) >= 11 is 0. The molecule has 1 heterocycles. The predicted octanol–water partition coefficient (Wildman–Crippen LogP) is 3.77. The second-order valence-corrected chi connectivity index (χ2v) is 6.40. The van der Waals surface area contributed by atoms with E-state index < -0.39 is 11.7 Å². The molecule has 8 heteroatoms. The average Bonchev–Trinajstić information content (AvgIpc) is 2.70. The summed E-state index contributed by atoms with van der Waals surface area (Å²) in [6.07, 6.45) is -1.16. The summed E-state index contributed by atoms with van der Waals surface area (Å²) in [7, 11) is 0. The lowest BCUT2D eigenvalue weighted by molar-refractivity contribution is -0.137. The highest BCUT2D eigenvalue weighted by atomic mass is 19.4. The minimum Gasteiger partial charge on any atom is -0.378 e. The number of allylic oxidation sites excluding steroid dienone is 2. The lowest BCUT2D eigenvalue weighted by Gasteiger charge is -2.36. The Morgan fingerprint density at radius 3 is 2.25 bits per heavy atom. The van der Waals surface area contributed by atoms with Gasteiger partial charge in [-0.1, -0.05) is 12.7 Å². The second-order valence-electron chi connectivity index (χ2n) is 6.40. The molecule has 1 aliphatic rings. The summed E-state index contributed by atoms with van der Waals surface area (Å²) in [4.78, 5) is 20.2. The lowest BCUT2D eigenvalue weighted by Crippen LogP contribution is -2.51. The zero-order valence-electron chi connectivity index (χ0n) is 16.1. The molecule has 0 spiro atoms. The van der Waals surface area contributed by atoms with Crippen LogP contribution in [0.2, 0.25) is 0 Å². The van der Waals surface area contributed by atoms with Crippen LogP contribution in [0.1, 0.15) is 19.4 Å². The quantitative estimate of drug-likeness (QED) is 0.470. The summed E-state index contributed by atoms with van der Waals surface area (Å²) in [5, 5.41) is 3.13. The molecule has 1 saturated heterocycles. The third-order valence-electron chi connectivity index (χ3n) is 4.52. The van der Waals surface area contributed by atoms with Crippen LogP contribution in [-0.4, -0.2) is 54.3 Å². The van der Waals surface area contributed by atoms with E-state index >= 15 is 0 Å². The molecule has 0 aromatic heterocycles. The van der Waals surface area contributed by atoms with Crippen molar-refractivity contribution in [3.05, 3.63) is 54.3 Å².